The lowest BCUT2D eigenvalue weighted by Gasteiger charge is -2.34. The molecule has 3 rings (SSSR count). The molecule has 1 aromatic carbocycles. The van der Waals surface area contributed by atoms with Crippen molar-refractivity contribution < 1.29 is 18.6 Å². The van der Waals surface area contributed by atoms with E-state index in [4.69, 9.17) is 19.2 Å². The lowest BCUT2D eigenvalue weighted by Crippen LogP contribution is -2.46. The third-order valence-corrected chi connectivity index (χ3v) is 5.55. The number of nitrogens with zero attached hydrogens (tertiary/aromatic N) is 2. The first kappa shape index (κ1) is 23.8. The fraction of sp³-hybridized carbons (Fsp3) is 0.696. The van der Waals surface area contributed by atoms with Gasteiger partial charge in [0.05, 0.1) is 26.4 Å². The highest BCUT2D eigenvalue weighted by molar-refractivity contribution is 5.79. The van der Waals surface area contributed by atoms with Crippen LogP contribution in [0.15, 0.2) is 17.1 Å². The number of rotatable bonds is 9. The van der Waals surface area contributed by atoms with Crippen molar-refractivity contribution in [2.75, 3.05) is 52.7 Å². The molecular weight excluding hydrogens is 399 g/mol. The molecule has 0 radical (unpaired) electrons. The minimum Gasteiger partial charge on any atom is -0.467 e. The number of guanidine groups is 1. The highest BCUT2D eigenvalue weighted by atomic mass is 19.1. The molecular formula is C23H37FN4O3. The Morgan fingerprint density at radius 2 is 2.00 bits per heavy atom. The van der Waals surface area contributed by atoms with Gasteiger partial charge in [0.15, 0.2) is 12.8 Å². The lowest BCUT2D eigenvalue weighted by molar-refractivity contribution is -0.0172. The first-order chi connectivity index (χ1) is 15.1. The monoisotopic (exact) mass is 436 g/mol. The van der Waals surface area contributed by atoms with Crippen molar-refractivity contribution in [2.45, 2.75) is 46.3 Å². The zero-order valence-electron chi connectivity index (χ0n) is 19.1. The average Bonchev–Trinajstić information content (AvgIpc) is 2.76. The summed E-state index contributed by atoms with van der Waals surface area (Å²) in [7, 11) is 0. The maximum Gasteiger partial charge on any atom is 0.191 e. The molecule has 1 atom stereocenters. The molecule has 0 spiro atoms. The number of hydrogen-bond donors (Lipinski definition) is 2. The molecule has 174 valence electrons. The molecule has 1 unspecified atom stereocenters. The largest absolute Gasteiger partial charge is 0.467 e. The number of morpholine rings is 1. The van der Waals surface area contributed by atoms with Crippen molar-refractivity contribution in [1.29, 1.82) is 0 Å². The van der Waals surface area contributed by atoms with Crippen molar-refractivity contribution in [1.82, 2.24) is 15.5 Å². The number of benzene rings is 1. The van der Waals surface area contributed by atoms with Gasteiger partial charge in [-0.05, 0) is 43.4 Å². The van der Waals surface area contributed by atoms with Crippen LogP contribution < -0.4 is 15.4 Å². The van der Waals surface area contributed by atoms with Crippen LogP contribution in [-0.4, -0.2) is 69.6 Å². The van der Waals surface area contributed by atoms with Crippen molar-refractivity contribution >= 4 is 5.96 Å². The molecule has 2 heterocycles. The van der Waals surface area contributed by atoms with E-state index in [2.05, 4.69) is 36.3 Å². The molecule has 0 aliphatic carbocycles. The van der Waals surface area contributed by atoms with Crippen LogP contribution in [0.5, 0.6) is 5.75 Å². The summed E-state index contributed by atoms with van der Waals surface area (Å²) in [4.78, 5) is 7.36. The average molecular weight is 437 g/mol. The summed E-state index contributed by atoms with van der Waals surface area (Å²) in [5, 5.41) is 6.72. The van der Waals surface area contributed by atoms with Gasteiger partial charge in [0.25, 0.3) is 0 Å². The van der Waals surface area contributed by atoms with E-state index in [0.717, 1.165) is 68.6 Å². The second-order valence-electron chi connectivity index (χ2n) is 8.49. The lowest BCUT2D eigenvalue weighted by atomic mass is 10.0. The summed E-state index contributed by atoms with van der Waals surface area (Å²) in [5.41, 5.74) is 1.62. The van der Waals surface area contributed by atoms with Crippen LogP contribution in [-0.2, 0) is 22.5 Å². The third kappa shape index (κ3) is 7.33. The summed E-state index contributed by atoms with van der Waals surface area (Å²) in [5.74, 6) is 1.90. The van der Waals surface area contributed by atoms with Crippen molar-refractivity contribution in [3.05, 3.63) is 29.1 Å². The second-order valence-corrected chi connectivity index (χ2v) is 8.49. The van der Waals surface area contributed by atoms with Crippen LogP contribution >= 0.6 is 0 Å². The Balaban J connectivity index is 1.59. The Bertz CT molecular complexity index is 723. The molecule has 1 aromatic rings. The van der Waals surface area contributed by atoms with E-state index >= 15 is 0 Å². The maximum absolute atomic E-state index is 14.0. The SMILES string of the molecule is CCNC(=NCC(CC(C)C)N1CCOCC1)NCCc1cc(F)cc2c1OCOC2. The topological polar surface area (TPSA) is 67.4 Å². The molecule has 0 saturated carbocycles. The summed E-state index contributed by atoms with van der Waals surface area (Å²) in [6.45, 7) is 12.8. The number of hydrogen-bond acceptors (Lipinski definition) is 5. The Hall–Kier alpha value is -1.90. The highest BCUT2D eigenvalue weighted by Crippen LogP contribution is 2.29. The van der Waals surface area contributed by atoms with E-state index in [1.165, 1.54) is 6.07 Å². The van der Waals surface area contributed by atoms with E-state index in [-0.39, 0.29) is 12.6 Å². The van der Waals surface area contributed by atoms with Gasteiger partial charge in [-0.15, -0.1) is 0 Å². The van der Waals surface area contributed by atoms with Crippen LogP contribution in [0, 0.1) is 11.7 Å². The summed E-state index contributed by atoms with van der Waals surface area (Å²) in [6, 6.07) is 3.44. The predicted molar refractivity (Wildman–Crippen MR) is 120 cm³/mol. The Labute approximate surface area is 185 Å². The quantitative estimate of drug-likeness (QED) is 0.458. The normalized spacial score (nSPS) is 18.4. The van der Waals surface area contributed by atoms with Gasteiger partial charge in [-0.25, -0.2) is 4.39 Å². The van der Waals surface area contributed by atoms with Crippen LogP contribution in [0.25, 0.3) is 0 Å². The van der Waals surface area contributed by atoms with Gasteiger partial charge >= 0.3 is 0 Å². The van der Waals surface area contributed by atoms with E-state index in [1.807, 2.05) is 0 Å². The molecule has 1 saturated heterocycles. The van der Waals surface area contributed by atoms with Crippen molar-refractivity contribution in [2.24, 2.45) is 10.9 Å². The molecule has 2 aliphatic rings. The van der Waals surface area contributed by atoms with Gasteiger partial charge in [-0.3, -0.25) is 9.89 Å². The number of fused-ring (bicyclic) bond motifs is 1. The third-order valence-electron chi connectivity index (χ3n) is 5.55. The predicted octanol–water partition coefficient (Wildman–Crippen LogP) is 2.54. The summed E-state index contributed by atoms with van der Waals surface area (Å²) in [6.07, 6.45) is 1.75. The maximum atomic E-state index is 14.0. The van der Waals surface area contributed by atoms with E-state index in [1.54, 1.807) is 6.07 Å². The molecule has 7 nitrogen and oxygen atoms in total. The van der Waals surface area contributed by atoms with Crippen LogP contribution in [0.1, 0.15) is 38.3 Å². The minimum atomic E-state index is -0.259. The molecule has 8 heteroatoms. The molecule has 1 fully saturated rings. The number of halogens is 1. The smallest absolute Gasteiger partial charge is 0.191 e. The molecule has 0 bridgehead atoms. The van der Waals surface area contributed by atoms with E-state index in [9.17, 15) is 4.39 Å². The Morgan fingerprint density at radius 1 is 1.19 bits per heavy atom. The van der Waals surface area contributed by atoms with Gasteiger partial charge < -0.3 is 24.8 Å². The molecule has 31 heavy (non-hydrogen) atoms. The Kier molecular flexibility index (Phi) is 9.36. The fourth-order valence-corrected chi connectivity index (χ4v) is 4.12. The zero-order chi connectivity index (χ0) is 22.1. The fourth-order valence-electron chi connectivity index (χ4n) is 4.12. The van der Waals surface area contributed by atoms with Crippen molar-refractivity contribution in [3.8, 4) is 5.75 Å². The molecule has 2 aliphatic heterocycles. The standard InChI is InChI=1S/C23H37FN4O3/c1-4-25-23(27-14-21(11-17(2)3)28-7-9-29-10-8-28)26-6-5-18-12-20(24)13-19-15-30-16-31-22(18)19/h12-13,17,21H,4-11,14-16H2,1-3H3,(H2,25,26,27). The first-order valence-corrected chi connectivity index (χ1v) is 11.4. The van der Waals surface area contributed by atoms with Gasteiger partial charge in [-0.1, -0.05) is 13.8 Å². The first-order valence-electron chi connectivity index (χ1n) is 11.4. The van der Waals surface area contributed by atoms with E-state index in [0.29, 0.717) is 31.5 Å². The molecule has 2 N–H and O–H groups in total. The molecule has 0 aromatic heterocycles. The summed E-state index contributed by atoms with van der Waals surface area (Å²) < 4.78 is 30.4. The number of aliphatic imine (C=N–C) groups is 1. The van der Waals surface area contributed by atoms with Gasteiger partial charge in [0.1, 0.15) is 11.6 Å². The van der Waals surface area contributed by atoms with Gasteiger partial charge in [0, 0.05) is 37.8 Å². The zero-order valence-corrected chi connectivity index (χ0v) is 19.1. The van der Waals surface area contributed by atoms with Crippen LogP contribution in [0.2, 0.25) is 0 Å². The van der Waals surface area contributed by atoms with Gasteiger partial charge in [0.2, 0.25) is 0 Å². The van der Waals surface area contributed by atoms with Crippen LogP contribution in [0.3, 0.4) is 0 Å². The molecule has 0 amide bonds. The minimum absolute atomic E-state index is 0.210. The second kappa shape index (κ2) is 12.2. The van der Waals surface area contributed by atoms with Crippen LogP contribution in [0.4, 0.5) is 4.39 Å². The Morgan fingerprint density at radius 3 is 2.74 bits per heavy atom. The summed E-state index contributed by atoms with van der Waals surface area (Å²) >= 11 is 0. The number of nitrogens with one attached hydrogen (secondary N) is 2. The van der Waals surface area contributed by atoms with Crippen molar-refractivity contribution in [3.63, 3.8) is 0 Å². The highest BCUT2D eigenvalue weighted by Gasteiger charge is 2.22. The number of ether oxygens (including phenoxy) is 3. The van der Waals surface area contributed by atoms with E-state index < -0.39 is 0 Å². The van der Waals surface area contributed by atoms with Gasteiger partial charge in [-0.2, -0.15) is 0 Å².